The molecule has 0 radical (unpaired) electrons. The van der Waals surface area contributed by atoms with Crippen LogP contribution in [-0.4, -0.2) is 50.4 Å². The third kappa shape index (κ3) is 4.97. The van der Waals surface area contributed by atoms with Gasteiger partial charge in [-0.2, -0.15) is 0 Å². The Balaban J connectivity index is 1.67. The highest BCUT2D eigenvalue weighted by molar-refractivity contribution is 7.15. The van der Waals surface area contributed by atoms with Crippen molar-refractivity contribution in [2.75, 3.05) is 18.5 Å². The molecule has 1 amide bonds. The van der Waals surface area contributed by atoms with E-state index in [1.165, 1.54) is 29.7 Å². The van der Waals surface area contributed by atoms with Crippen molar-refractivity contribution in [1.29, 1.82) is 0 Å². The lowest BCUT2D eigenvalue weighted by atomic mass is 10.1. The largest absolute Gasteiger partial charge is 0.491 e. The fourth-order valence-electron chi connectivity index (χ4n) is 3.12. The number of aliphatic hydroxyl groups excluding tert-OH is 2. The van der Waals surface area contributed by atoms with Crippen molar-refractivity contribution in [3.8, 4) is 17.1 Å². The van der Waals surface area contributed by atoms with Gasteiger partial charge in [-0.15, -0.1) is 11.3 Å². The van der Waals surface area contributed by atoms with Gasteiger partial charge >= 0.3 is 0 Å². The Bertz CT molecular complexity index is 1290. The fraction of sp³-hybridized carbons (Fsp3) is 0.238. The third-order valence-electron chi connectivity index (χ3n) is 4.70. The summed E-state index contributed by atoms with van der Waals surface area (Å²) in [6.07, 6.45) is 0.737. The van der Waals surface area contributed by atoms with Crippen LogP contribution in [0, 0.1) is 6.92 Å². The van der Waals surface area contributed by atoms with Gasteiger partial charge in [-0.05, 0) is 25.1 Å². The van der Waals surface area contributed by atoms with Crippen molar-refractivity contribution in [1.82, 2.24) is 15.0 Å². The van der Waals surface area contributed by atoms with E-state index in [4.69, 9.17) is 9.84 Å². The number of aryl methyl sites for hydroxylation is 1. The first-order chi connectivity index (χ1) is 15.9. The number of amides is 1. The van der Waals surface area contributed by atoms with Crippen LogP contribution in [0.25, 0.3) is 22.4 Å². The molecule has 5 N–H and O–H groups in total. The van der Waals surface area contributed by atoms with Gasteiger partial charge in [0.05, 0.1) is 6.61 Å². The lowest BCUT2D eigenvalue weighted by molar-refractivity contribution is -0.376. The summed E-state index contributed by atoms with van der Waals surface area (Å²) in [5, 5.41) is 21.4. The first kappa shape index (κ1) is 22.7. The Morgan fingerprint density at radius 3 is 2.88 bits per heavy atom. The van der Waals surface area contributed by atoms with Crippen LogP contribution in [0.15, 0.2) is 36.8 Å². The summed E-state index contributed by atoms with van der Waals surface area (Å²) >= 11 is 1.33. The molecule has 0 saturated carbocycles. The molecule has 0 aliphatic rings. The van der Waals surface area contributed by atoms with Gasteiger partial charge in [-0.1, -0.05) is 0 Å². The van der Waals surface area contributed by atoms with Gasteiger partial charge in [-0.3, -0.25) is 10.1 Å². The quantitative estimate of drug-likeness (QED) is 0.309. The number of pyridine rings is 1. The number of thiazole rings is 1. The van der Waals surface area contributed by atoms with E-state index in [2.05, 4.69) is 25.3 Å². The number of benzene rings is 1. The summed E-state index contributed by atoms with van der Waals surface area (Å²) in [5.41, 5.74) is 0.788. The molecule has 172 valence electrons. The summed E-state index contributed by atoms with van der Waals surface area (Å²) in [5.74, 6) is -0.171. The topological polar surface area (TPSA) is 134 Å². The zero-order valence-electron chi connectivity index (χ0n) is 17.3. The van der Waals surface area contributed by atoms with Crippen LogP contribution < -0.4 is 15.0 Å². The number of H-pyrrole nitrogens is 2. The summed E-state index contributed by atoms with van der Waals surface area (Å²) in [6.45, 7) is 1.12. The van der Waals surface area contributed by atoms with Gasteiger partial charge in [0.2, 0.25) is 0 Å². The number of hydrogen-bond acceptors (Lipinski definition) is 7. The van der Waals surface area contributed by atoms with Crippen LogP contribution in [0.1, 0.15) is 27.2 Å². The second-order valence-electron chi connectivity index (χ2n) is 7.14. The molecule has 3 aromatic heterocycles. The van der Waals surface area contributed by atoms with E-state index in [1.807, 2.05) is 6.92 Å². The number of anilines is 1. The van der Waals surface area contributed by atoms with Gasteiger partial charge in [0.15, 0.2) is 17.5 Å². The molecular formula is C21H20F2N5O4S+. The normalized spacial score (nSPS) is 12.3. The highest BCUT2D eigenvalue weighted by atomic mass is 32.1. The Morgan fingerprint density at radius 1 is 1.36 bits per heavy atom. The van der Waals surface area contributed by atoms with E-state index in [1.54, 1.807) is 12.4 Å². The van der Waals surface area contributed by atoms with Gasteiger partial charge in [0, 0.05) is 22.2 Å². The Labute approximate surface area is 190 Å². The van der Waals surface area contributed by atoms with Gasteiger partial charge in [0.1, 0.15) is 40.9 Å². The highest BCUT2D eigenvalue weighted by Gasteiger charge is 2.22. The summed E-state index contributed by atoms with van der Waals surface area (Å²) in [4.78, 5) is 28.0. The molecule has 0 aliphatic carbocycles. The molecule has 9 nitrogen and oxygen atoms in total. The molecule has 0 fully saturated rings. The number of ether oxygens (including phenoxy) is 1. The molecule has 0 saturated heterocycles. The predicted molar refractivity (Wildman–Crippen MR) is 116 cm³/mol. The molecule has 33 heavy (non-hydrogen) atoms. The van der Waals surface area contributed by atoms with Gasteiger partial charge in [-0.25, -0.2) is 23.7 Å². The smallest absolute Gasteiger partial charge is 0.265 e. The van der Waals surface area contributed by atoms with Crippen molar-refractivity contribution >= 4 is 33.4 Å². The van der Waals surface area contributed by atoms with E-state index in [0.29, 0.717) is 16.2 Å². The molecule has 0 unspecified atom stereocenters. The minimum atomic E-state index is -2.83. The van der Waals surface area contributed by atoms with Crippen molar-refractivity contribution in [3.63, 3.8) is 0 Å². The van der Waals surface area contributed by atoms with Crippen molar-refractivity contribution in [3.05, 3.63) is 52.8 Å². The fourth-order valence-corrected chi connectivity index (χ4v) is 3.78. The van der Waals surface area contributed by atoms with E-state index in [9.17, 15) is 18.7 Å². The molecule has 1 aromatic carbocycles. The zero-order valence-corrected chi connectivity index (χ0v) is 18.1. The maximum Gasteiger partial charge on any atom is 0.265 e. The SMILES string of the molecule is Cc1cnc(NC(=O)c2c[nH+]cc3[nH]c(-c4ccc(OC[C@@H](O)CO)cc4C(F)F)nc23)s1. The minimum Gasteiger partial charge on any atom is -0.491 e. The number of aliphatic hydroxyl groups is 2. The van der Waals surface area contributed by atoms with Crippen LogP contribution in [0.2, 0.25) is 0 Å². The first-order valence-electron chi connectivity index (χ1n) is 9.83. The number of rotatable bonds is 8. The Kier molecular flexibility index (Phi) is 6.58. The van der Waals surface area contributed by atoms with Gasteiger partial charge in [0.25, 0.3) is 12.3 Å². The Hall–Kier alpha value is -3.48. The van der Waals surface area contributed by atoms with E-state index >= 15 is 0 Å². The van der Waals surface area contributed by atoms with E-state index < -0.39 is 25.0 Å². The van der Waals surface area contributed by atoms with Gasteiger partial charge < -0.3 is 19.9 Å². The number of nitrogens with one attached hydrogen (secondary N) is 3. The van der Waals surface area contributed by atoms with Crippen molar-refractivity contribution in [2.45, 2.75) is 19.5 Å². The molecule has 0 spiro atoms. The molecule has 1 atom stereocenters. The van der Waals surface area contributed by atoms with Crippen molar-refractivity contribution < 1.29 is 33.5 Å². The monoisotopic (exact) mass is 476 g/mol. The van der Waals surface area contributed by atoms with Crippen LogP contribution in [0.5, 0.6) is 5.75 Å². The number of fused-ring (bicyclic) bond motifs is 1. The Morgan fingerprint density at radius 2 is 2.18 bits per heavy atom. The minimum absolute atomic E-state index is 0.116. The maximum absolute atomic E-state index is 13.8. The second kappa shape index (κ2) is 9.57. The summed E-state index contributed by atoms with van der Waals surface area (Å²) in [6, 6.07) is 4.03. The molecule has 3 heterocycles. The standard InChI is InChI=1S/C21H19F2N5O4S/c1-10-5-25-21(33-10)28-20(31)15-6-24-7-16-17(15)27-19(26-16)13-3-2-12(4-14(13)18(22)23)32-9-11(30)8-29/h2-7,11,18,29-30H,8-9H2,1H3,(H,26,27)(H,25,28,31)/p+1/t11-/m0/s1. The molecule has 0 aliphatic heterocycles. The number of aromatic nitrogens is 4. The molecule has 12 heteroatoms. The summed E-state index contributed by atoms with van der Waals surface area (Å²) in [7, 11) is 0. The number of imidazole rings is 1. The first-order valence-corrected chi connectivity index (χ1v) is 10.6. The lowest BCUT2D eigenvalue weighted by Crippen LogP contribution is -2.21. The van der Waals surface area contributed by atoms with Crippen LogP contribution in [0.4, 0.5) is 13.9 Å². The second-order valence-corrected chi connectivity index (χ2v) is 8.38. The summed E-state index contributed by atoms with van der Waals surface area (Å²) < 4.78 is 32.9. The highest BCUT2D eigenvalue weighted by Crippen LogP contribution is 2.34. The van der Waals surface area contributed by atoms with Crippen LogP contribution in [-0.2, 0) is 0 Å². The number of hydrogen-bond donors (Lipinski definition) is 4. The molecule has 0 bridgehead atoms. The number of halogens is 2. The van der Waals surface area contributed by atoms with E-state index in [0.717, 1.165) is 10.9 Å². The van der Waals surface area contributed by atoms with E-state index in [-0.39, 0.29) is 34.9 Å². The average molecular weight is 476 g/mol. The maximum atomic E-state index is 13.8. The number of carbonyl (C=O) groups excluding carboxylic acids is 1. The zero-order chi connectivity index (χ0) is 23.5. The third-order valence-corrected chi connectivity index (χ3v) is 5.52. The molecule has 4 rings (SSSR count). The number of aromatic amines is 2. The van der Waals surface area contributed by atoms with Crippen LogP contribution >= 0.6 is 11.3 Å². The average Bonchev–Trinajstić information content (AvgIpc) is 3.42. The van der Waals surface area contributed by atoms with Crippen LogP contribution in [0.3, 0.4) is 0 Å². The molecule has 4 aromatic rings. The lowest BCUT2D eigenvalue weighted by Gasteiger charge is -2.13. The van der Waals surface area contributed by atoms with Crippen molar-refractivity contribution in [2.24, 2.45) is 0 Å². The number of carbonyl (C=O) groups is 1. The predicted octanol–water partition coefficient (Wildman–Crippen LogP) is 2.73. The number of alkyl halides is 2. The molecular weight excluding hydrogens is 456 g/mol. The number of nitrogens with zero attached hydrogens (tertiary/aromatic N) is 2.